The minimum absolute atomic E-state index is 0.214. The van der Waals surface area contributed by atoms with E-state index in [2.05, 4.69) is 0 Å². The summed E-state index contributed by atoms with van der Waals surface area (Å²) in [6, 6.07) is 2.35. The molecule has 0 spiro atoms. The summed E-state index contributed by atoms with van der Waals surface area (Å²) in [6.45, 7) is 3.71. The van der Waals surface area contributed by atoms with Crippen molar-refractivity contribution in [2.24, 2.45) is 0 Å². The Morgan fingerprint density at radius 1 is 1.47 bits per heavy atom. The zero-order valence-corrected chi connectivity index (χ0v) is 11.0. The van der Waals surface area contributed by atoms with Gasteiger partial charge in [0, 0.05) is 0 Å². The number of ether oxygens (including phenoxy) is 1. The van der Waals surface area contributed by atoms with Crippen LogP contribution in [0.25, 0.3) is 0 Å². The van der Waals surface area contributed by atoms with Crippen LogP contribution in [0.15, 0.2) is 16.5 Å². The maximum atomic E-state index is 11.9. The first-order chi connectivity index (χ1) is 9.04. The number of furan rings is 1. The number of rotatable bonds is 3. The molecule has 2 unspecified atom stereocenters. The molecule has 2 rings (SSSR count). The standard InChI is InChI=1S/C13H17NO5/c1-3-18-13(17)14-9(5-6-10(14)12(15)16)11-7-4-8(2)19-11/h4,7,9-10H,3,5-6H2,1-2H3,(H,15,16). The van der Waals surface area contributed by atoms with Gasteiger partial charge in [-0.05, 0) is 38.8 Å². The van der Waals surface area contributed by atoms with Gasteiger partial charge in [-0.3, -0.25) is 4.90 Å². The van der Waals surface area contributed by atoms with Crippen molar-refractivity contribution in [2.45, 2.75) is 38.8 Å². The van der Waals surface area contributed by atoms with Gasteiger partial charge in [0.05, 0.1) is 12.6 Å². The van der Waals surface area contributed by atoms with E-state index in [0.29, 0.717) is 18.6 Å². The summed E-state index contributed by atoms with van der Waals surface area (Å²) in [6.07, 6.45) is 0.354. The zero-order chi connectivity index (χ0) is 14.0. The first-order valence-corrected chi connectivity index (χ1v) is 6.28. The highest BCUT2D eigenvalue weighted by Gasteiger charge is 2.43. The number of likely N-dealkylation sites (tertiary alicyclic amines) is 1. The molecule has 1 aliphatic heterocycles. The predicted octanol–water partition coefficient (Wildman–Crippen LogP) is 2.33. The molecule has 6 nitrogen and oxygen atoms in total. The molecule has 0 saturated carbocycles. The lowest BCUT2D eigenvalue weighted by molar-refractivity contribution is -0.142. The Kier molecular flexibility index (Phi) is 3.78. The topological polar surface area (TPSA) is 80.0 Å². The van der Waals surface area contributed by atoms with Crippen LogP contribution in [-0.4, -0.2) is 34.7 Å². The van der Waals surface area contributed by atoms with E-state index in [1.54, 1.807) is 19.1 Å². The third-order valence-electron chi connectivity index (χ3n) is 3.24. The molecule has 2 heterocycles. The number of amides is 1. The van der Waals surface area contributed by atoms with Crippen LogP contribution in [0.2, 0.25) is 0 Å². The fourth-order valence-corrected chi connectivity index (χ4v) is 2.42. The second-order valence-electron chi connectivity index (χ2n) is 4.50. The third kappa shape index (κ3) is 2.57. The van der Waals surface area contributed by atoms with Gasteiger partial charge < -0.3 is 14.3 Å². The van der Waals surface area contributed by atoms with Gasteiger partial charge in [0.15, 0.2) is 0 Å². The average Bonchev–Trinajstić information content (AvgIpc) is 2.94. The Morgan fingerprint density at radius 2 is 2.21 bits per heavy atom. The number of hydrogen-bond acceptors (Lipinski definition) is 4. The molecule has 1 fully saturated rings. The van der Waals surface area contributed by atoms with E-state index in [4.69, 9.17) is 9.15 Å². The lowest BCUT2D eigenvalue weighted by Gasteiger charge is -2.26. The van der Waals surface area contributed by atoms with Gasteiger partial charge in [0.1, 0.15) is 17.6 Å². The minimum Gasteiger partial charge on any atom is -0.480 e. The predicted molar refractivity (Wildman–Crippen MR) is 65.7 cm³/mol. The Hall–Kier alpha value is -1.98. The van der Waals surface area contributed by atoms with Crippen LogP contribution in [0.1, 0.15) is 37.3 Å². The molecular weight excluding hydrogens is 250 g/mol. The fraction of sp³-hybridized carbons (Fsp3) is 0.538. The SMILES string of the molecule is CCOC(=O)N1C(C(=O)O)CCC1c1ccc(C)o1. The molecular formula is C13H17NO5. The van der Waals surface area contributed by atoms with Crippen molar-refractivity contribution in [3.05, 3.63) is 23.7 Å². The van der Waals surface area contributed by atoms with Crippen LogP contribution in [0.4, 0.5) is 4.79 Å². The van der Waals surface area contributed by atoms with Crippen LogP contribution < -0.4 is 0 Å². The number of nitrogens with zero attached hydrogens (tertiary/aromatic N) is 1. The maximum Gasteiger partial charge on any atom is 0.411 e. The van der Waals surface area contributed by atoms with E-state index >= 15 is 0 Å². The van der Waals surface area contributed by atoms with E-state index < -0.39 is 18.1 Å². The molecule has 104 valence electrons. The lowest BCUT2D eigenvalue weighted by Crippen LogP contribution is -2.42. The summed E-state index contributed by atoms with van der Waals surface area (Å²) in [5.41, 5.74) is 0. The molecule has 0 aromatic carbocycles. The molecule has 1 aromatic rings. The molecule has 0 bridgehead atoms. The number of carbonyl (C=O) groups is 2. The smallest absolute Gasteiger partial charge is 0.411 e. The van der Waals surface area contributed by atoms with Crippen LogP contribution in [0.5, 0.6) is 0 Å². The number of carbonyl (C=O) groups excluding carboxylic acids is 1. The van der Waals surface area contributed by atoms with Crippen molar-refractivity contribution in [3.8, 4) is 0 Å². The van der Waals surface area contributed by atoms with Crippen molar-refractivity contribution >= 4 is 12.1 Å². The van der Waals surface area contributed by atoms with Gasteiger partial charge in [-0.25, -0.2) is 9.59 Å². The van der Waals surface area contributed by atoms with Gasteiger partial charge in [-0.15, -0.1) is 0 Å². The van der Waals surface area contributed by atoms with Crippen molar-refractivity contribution in [1.82, 2.24) is 4.90 Å². The molecule has 1 aromatic heterocycles. The van der Waals surface area contributed by atoms with Crippen molar-refractivity contribution in [3.63, 3.8) is 0 Å². The quantitative estimate of drug-likeness (QED) is 0.909. The minimum atomic E-state index is -1.01. The molecule has 19 heavy (non-hydrogen) atoms. The summed E-state index contributed by atoms with van der Waals surface area (Å²) in [4.78, 5) is 24.4. The number of aliphatic carboxylic acids is 1. The van der Waals surface area contributed by atoms with E-state index in [-0.39, 0.29) is 12.6 Å². The van der Waals surface area contributed by atoms with Crippen molar-refractivity contribution in [1.29, 1.82) is 0 Å². The zero-order valence-electron chi connectivity index (χ0n) is 11.0. The van der Waals surface area contributed by atoms with Gasteiger partial charge in [-0.1, -0.05) is 0 Å². The van der Waals surface area contributed by atoms with Gasteiger partial charge >= 0.3 is 12.1 Å². The van der Waals surface area contributed by atoms with Crippen LogP contribution in [0.3, 0.4) is 0 Å². The number of carboxylic acids is 1. The van der Waals surface area contributed by atoms with E-state index in [1.165, 1.54) is 4.90 Å². The molecule has 2 atom stereocenters. The number of carboxylic acid groups (broad SMARTS) is 1. The number of aryl methyl sites for hydroxylation is 1. The Balaban J connectivity index is 2.27. The average molecular weight is 267 g/mol. The number of hydrogen-bond donors (Lipinski definition) is 1. The second kappa shape index (κ2) is 5.34. The summed E-state index contributed by atoms with van der Waals surface area (Å²) in [5.74, 6) is 0.325. The van der Waals surface area contributed by atoms with Gasteiger partial charge in [0.2, 0.25) is 0 Å². The molecule has 1 amide bonds. The third-order valence-corrected chi connectivity index (χ3v) is 3.24. The van der Waals surface area contributed by atoms with Gasteiger partial charge in [-0.2, -0.15) is 0 Å². The molecule has 1 N–H and O–H groups in total. The normalized spacial score (nSPS) is 22.5. The molecule has 1 aliphatic rings. The first-order valence-electron chi connectivity index (χ1n) is 6.28. The lowest BCUT2D eigenvalue weighted by atomic mass is 10.1. The summed E-state index contributed by atoms with van der Waals surface area (Å²) in [7, 11) is 0. The molecule has 6 heteroatoms. The van der Waals surface area contributed by atoms with E-state index in [1.807, 2.05) is 6.92 Å². The summed E-state index contributed by atoms with van der Waals surface area (Å²) < 4.78 is 10.5. The second-order valence-corrected chi connectivity index (χ2v) is 4.50. The monoisotopic (exact) mass is 267 g/mol. The molecule has 1 saturated heterocycles. The highest BCUT2D eigenvalue weighted by molar-refractivity contribution is 5.81. The molecule has 0 radical (unpaired) electrons. The van der Waals surface area contributed by atoms with Crippen LogP contribution in [0, 0.1) is 6.92 Å². The van der Waals surface area contributed by atoms with Crippen LogP contribution in [-0.2, 0) is 9.53 Å². The van der Waals surface area contributed by atoms with Crippen LogP contribution >= 0.6 is 0 Å². The van der Waals surface area contributed by atoms with Gasteiger partial charge in [0.25, 0.3) is 0 Å². The van der Waals surface area contributed by atoms with E-state index in [9.17, 15) is 14.7 Å². The van der Waals surface area contributed by atoms with E-state index in [0.717, 1.165) is 5.76 Å². The summed E-state index contributed by atoms with van der Waals surface area (Å²) in [5, 5.41) is 9.19. The van der Waals surface area contributed by atoms with Crippen molar-refractivity contribution in [2.75, 3.05) is 6.61 Å². The first kappa shape index (κ1) is 13.5. The maximum absolute atomic E-state index is 11.9. The fourth-order valence-electron chi connectivity index (χ4n) is 2.42. The molecule has 0 aliphatic carbocycles. The largest absolute Gasteiger partial charge is 0.480 e. The highest BCUT2D eigenvalue weighted by Crippen LogP contribution is 2.37. The highest BCUT2D eigenvalue weighted by atomic mass is 16.6. The van der Waals surface area contributed by atoms with Crippen molar-refractivity contribution < 1.29 is 23.8 Å². The Bertz CT molecular complexity index is 481. The Morgan fingerprint density at radius 3 is 2.74 bits per heavy atom. The summed E-state index contributed by atoms with van der Waals surface area (Å²) >= 11 is 0. The Labute approximate surface area is 110 Å².